The molecule has 1 amide bonds. The van der Waals surface area contributed by atoms with Crippen molar-refractivity contribution in [3.63, 3.8) is 0 Å². The maximum absolute atomic E-state index is 12.3. The van der Waals surface area contributed by atoms with E-state index in [2.05, 4.69) is 5.32 Å². The predicted molar refractivity (Wildman–Crippen MR) is 78.6 cm³/mol. The summed E-state index contributed by atoms with van der Waals surface area (Å²) in [6, 6.07) is 1.26. The van der Waals surface area contributed by atoms with Gasteiger partial charge in [-0.2, -0.15) is 0 Å². The lowest BCUT2D eigenvalue weighted by atomic mass is 10.0. The third kappa shape index (κ3) is 3.39. The number of hydrogen-bond acceptors (Lipinski definition) is 4. The second kappa shape index (κ2) is 6.34. The van der Waals surface area contributed by atoms with Gasteiger partial charge in [-0.1, -0.05) is 12.8 Å². The van der Waals surface area contributed by atoms with E-state index in [9.17, 15) is 9.59 Å². The minimum absolute atomic E-state index is 0.114. The molecule has 0 aromatic heterocycles. The number of carbonyl (C=O) groups is 2. The molecule has 0 bridgehead atoms. The predicted octanol–water partition coefficient (Wildman–Crippen LogP) is 1.32. The SMILES string of the molecule is COC(=O)C1CC1C(=O)N1CCC(NC2CCCC2)CC1. The molecule has 1 heterocycles. The van der Waals surface area contributed by atoms with Gasteiger partial charge >= 0.3 is 5.97 Å². The van der Waals surface area contributed by atoms with E-state index in [-0.39, 0.29) is 23.7 Å². The third-order valence-electron chi connectivity index (χ3n) is 5.24. The maximum atomic E-state index is 12.3. The number of likely N-dealkylation sites (tertiary alicyclic amines) is 1. The highest BCUT2D eigenvalue weighted by Crippen LogP contribution is 2.41. The van der Waals surface area contributed by atoms with Crippen molar-refractivity contribution >= 4 is 11.9 Å². The van der Waals surface area contributed by atoms with Crippen molar-refractivity contribution < 1.29 is 14.3 Å². The van der Waals surface area contributed by atoms with E-state index >= 15 is 0 Å². The molecule has 5 heteroatoms. The van der Waals surface area contributed by atoms with Crippen molar-refractivity contribution in [2.45, 2.75) is 57.0 Å². The number of carbonyl (C=O) groups excluding carboxylic acids is 2. The summed E-state index contributed by atoms with van der Waals surface area (Å²) in [6.07, 6.45) is 8.07. The Morgan fingerprint density at radius 2 is 1.62 bits per heavy atom. The molecule has 0 spiro atoms. The van der Waals surface area contributed by atoms with Crippen LogP contribution < -0.4 is 5.32 Å². The van der Waals surface area contributed by atoms with Crippen molar-refractivity contribution in [1.29, 1.82) is 0 Å². The molecule has 2 aliphatic carbocycles. The highest BCUT2D eigenvalue weighted by molar-refractivity contribution is 5.90. The van der Waals surface area contributed by atoms with E-state index in [0.29, 0.717) is 18.5 Å². The van der Waals surface area contributed by atoms with Gasteiger partial charge in [0.2, 0.25) is 5.91 Å². The Morgan fingerprint density at radius 1 is 1.00 bits per heavy atom. The monoisotopic (exact) mass is 294 g/mol. The fourth-order valence-electron chi connectivity index (χ4n) is 3.81. The van der Waals surface area contributed by atoms with Gasteiger partial charge in [-0.05, 0) is 32.1 Å². The lowest BCUT2D eigenvalue weighted by Gasteiger charge is -2.34. The zero-order valence-electron chi connectivity index (χ0n) is 12.8. The standard InChI is InChI=1S/C16H26N2O3/c1-21-16(20)14-10-13(14)15(19)18-8-6-12(7-9-18)17-11-4-2-3-5-11/h11-14,17H,2-10H2,1H3. The first kappa shape index (κ1) is 14.8. The number of hydrogen-bond donors (Lipinski definition) is 1. The van der Waals surface area contributed by atoms with Crippen LogP contribution in [0.1, 0.15) is 44.9 Å². The van der Waals surface area contributed by atoms with Crippen molar-refractivity contribution in [3.05, 3.63) is 0 Å². The first-order chi connectivity index (χ1) is 10.2. The zero-order chi connectivity index (χ0) is 14.8. The van der Waals surface area contributed by atoms with Gasteiger partial charge in [0.15, 0.2) is 0 Å². The van der Waals surface area contributed by atoms with Gasteiger partial charge in [0.25, 0.3) is 0 Å². The van der Waals surface area contributed by atoms with Crippen molar-refractivity contribution in [1.82, 2.24) is 10.2 Å². The molecule has 21 heavy (non-hydrogen) atoms. The fraction of sp³-hybridized carbons (Fsp3) is 0.875. The molecule has 0 radical (unpaired) electrons. The minimum atomic E-state index is -0.230. The molecule has 2 unspecified atom stereocenters. The number of piperidine rings is 1. The molecule has 5 nitrogen and oxygen atoms in total. The number of methoxy groups -OCH3 is 1. The highest BCUT2D eigenvalue weighted by Gasteiger charge is 2.50. The summed E-state index contributed by atoms with van der Waals surface area (Å²) < 4.78 is 4.71. The van der Waals surface area contributed by atoms with Crippen LogP contribution in [0, 0.1) is 11.8 Å². The van der Waals surface area contributed by atoms with Crippen LogP contribution >= 0.6 is 0 Å². The summed E-state index contributed by atoms with van der Waals surface area (Å²) in [5.41, 5.74) is 0. The quantitative estimate of drug-likeness (QED) is 0.795. The molecule has 3 fully saturated rings. The van der Waals surface area contributed by atoms with Crippen LogP contribution in [0.4, 0.5) is 0 Å². The lowest BCUT2D eigenvalue weighted by Crippen LogP contribution is -2.47. The van der Waals surface area contributed by atoms with Crippen LogP contribution in [0.2, 0.25) is 0 Å². The van der Waals surface area contributed by atoms with Gasteiger partial charge < -0.3 is 15.0 Å². The van der Waals surface area contributed by atoms with Crippen LogP contribution in [0.3, 0.4) is 0 Å². The summed E-state index contributed by atoms with van der Waals surface area (Å²) in [6.45, 7) is 1.65. The Hall–Kier alpha value is -1.10. The van der Waals surface area contributed by atoms with Crippen molar-refractivity contribution in [2.24, 2.45) is 11.8 Å². The number of ether oxygens (including phenoxy) is 1. The van der Waals surface area contributed by atoms with Gasteiger partial charge in [0.1, 0.15) is 0 Å². The van der Waals surface area contributed by atoms with Gasteiger partial charge in [-0.3, -0.25) is 9.59 Å². The average Bonchev–Trinajstić information content (AvgIpc) is 3.16. The minimum Gasteiger partial charge on any atom is -0.469 e. The lowest BCUT2D eigenvalue weighted by molar-refractivity contribution is -0.145. The molecule has 2 atom stereocenters. The Bertz CT molecular complexity index is 398. The normalized spacial score (nSPS) is 30.4. The molecule has 3 rings (SSSR count). The topological polar surface area (TPSA) is 58.6 Å². The molecule has 118 valence electrons. The smallest absolute Gasteiger partial charge is 0.309 e. The molecule has 1 saturated heterocycles. The van der Waals surface area contributed by atoms with Gasteiger partial charge in [-0.15, -0.1) is 0 Å². The number of esters is 1. The largest absolute Gasteiger partial charge is 0.469 e. The van der Waals surface area contributed by atoms with E-state index < -0.39 is 0 Å². The molecule has 1 aliphatic heterocycles. The zero-order valence-corrected chi connectivity index (χ0v) is 12.8. The summed E-state index contributed by atoms with van der Waals surface area (Å²) >= 11 is 0. The number of rotatable bonds is 4. The Labute approximate surface area is 126 Å². The van der Waals surface area contributed by atoms with E-state index in [1.54, 1.807) is 0 Å². The number of nitrogens with one attached hydrogen (secondary N) is 1. The van der Waals surface area contributed by atoms with Crippen molar-refractivity contribution in [2.75, 3.05) is 20.2 Å². The summed E-state index contributed by atoms with van der Waals surface area (Å²) in [5, 5.41) is 3.75. The molecule has 0 aromatic carbocycles. The fourth-order valence-corrected chi connectivity index (χ4v) is 3.81. The number of nitrogens with zero attached hydrogens (tertiary/aromatic N) is 1. The molecule has 3 aliphatic rings. The molecular formula is C16H26N2O3. The van der Waals surface area contributed by atoms with E-state index in [4.69, 9.17) is 4.74 Å². The second-order valence-corrected chi connectivity index (χ2v) is 6.72. The van der Waals surface area contributed by atoms with Crippen LogP contribution in [0.5, 0.6) is 0 Å². The molecular weight excluding hydrogens is 268 g/mol. The molecule has 2 saturated carbocycles. The van der Waals surface area contributed by atoms with Crippen LogP contribution in [0.15, 0.2) is 0 Å². The molecule has 0 aromatic rings. The van der Waals surface area contributed by atoms with Crippen LogP contribution in [-0.4, -0.2) is 49.1 Å². The van der Waals surface area contributed by atoms with Gasteiger partial charge in [0, 0.05) is 25.2 Å². The van der Waals surface area contributed by atoms with Crippen LogP contribution in [-0.2, 0) is 14.3 Å². The highest BCUT2D eigenvalue weighted by atomic mass is 16.5. The second-order valence-electron chi connectivity index (χ2n) is 6.72. The molecule has 1 N–H and O–H groups in total. The Kier molecular flexibility index (Phi) is 4.48. The van der Waals surface area contributed by atoms with Crippen LogP contribution in [0.25, 0.3) is 0 Å². The first-order valence-corrected chi connectivity index (χ1v) is 8.31. The maximum Gasteiger partial charge on any atom is 0.309 e. The Morgan fingerprint density at radius 3 is 2.24 bits per heavy atom. The average molecular weight is 294 g/mol. The van der Waals surface area contributed by atoms with Gasteiger partial charge in [0.05, 0.1) is 18.9 Å². The van der Waals surface area contributed by atoms with E-state index in [1.165, 1.54) is 32.8 Å². The van der Waals surface area contributed by atoms with Crippen molar-refractivity contribution in [3.8, 4) is 0 Å². The summed E-state index contributed by atoms with van der Waals surface area (Å²) in [7, 11) is 1.39. The first-order valence-electron chi connectivity index (χ1n) is 8.31. The number of amides is 1. The van der Waals surface area contributed by atoms with E-state index in [0.717, 1.165) is 25.9 Å². The summed E-state index contributed by atoms with van der Waals surface area (Å²) in [4.78, 5) is 25.7. The van der Waals surface area contributed by atoms with E-state index in [1.807, 2.05) is 4.90 Å². The summed E-state index contributed by atoms with van der Waals surface area (Å²) in [5.74, 6) is -0.371. The van der Waals surface area contributed by atoms with Gasteiger partial charge in [-0.25, -0.2) is 0 Å². The third-order valence-corrected chi connectivity index (χ3v) is 5.24. The Balaban J connectivity index is 1.41.